The Hall–Kier alpha value is -1.04. The standard InChI is InChI=1S/C9H12N2O3S/c1-14-8(13)6-4-7(12)11(5-6)9-10-2-3-15-9/h6H,2-5H2,1H3/t6-/m1/s1. The second-order valence-corrected chi connectivity index (χ2v) is 4.50. The molecule has 1 fully saturated rings. The minimum absolute atomic E-state index is 0.0291. The molecule has 1 atom stereocenters. The Kier molecular flexibility index (Phi) is 2.95. The maximum absolute atomic E-state index is 11.6. The monoisotopic (exact) mass is 228 g/mol. The third-order valence-corrected chi connectivity index (χ3v) is 3.45. The zero-order valence-electron chi connectivity index (χ0n) is 8.43. The Balaban J connectivity index is 2.04. The lowest BCUT2D eigenvalue weighted by atomic mass is 10.1. The van der Waals surface area contributed by atoms with Crippen LogP contribution in [0.1, 0.15) is 6.42 Å². The van der Waals surface area contributed by atoms with Gasteiger partial charge in [-0.3, -0.25) is 19.5 Å². The van der Waals surface area contributed by atoms with E-state index in [1.165, 1.54) is 7.11 Å². The zero-order chi connectivity index (χ0) is 10.8. The summed E-state index contributed by atoms with van der Waals surface area (Å²) in [4.78, 5) is 28.7. The third kappa shape index (κ3) is 1.99. The van der Waals surface area contributed by atoms with E-state index in [1.54, 1.807) is 16.7 Å². The van der Waals surface area contributed by atoms with Crippen molar-refractivity contribution < 1.29 is 14.3 Å². The van der Waals surface area contributed by atoms with Crippen molar-refractivity contribution in [3.63, 3.8) is 0 Å². The molecule has 2 rings (SSSR count). The van der Waals surface area contributed by atoms with Crippen molar-refractivity contribution in [3.05, 3.63) is 0 Å². The van der Waals surface area contributed by atoms with Gasteiger partial charge in [-0.15, -0.1) is 0 Å². The van der Waals surface area contributed by atoms with Crippen LogP contribution in [-0.4, -0.2) is 47.9 Å². The number of thioether (sulfide) groups is 1. The Morgan fingerprint density at radius 2 is 2.47 bits per heavy atom. The SMILES string of the molecule is COC(=O)[C@@H]1CC(=O)N(C2=NCCS2)C1. The van der Waals surface area contributed by atoms with E-state index in [-0.39, 0.29) is 24.2 Å². The van der Waals surface area contributed by atoms with Gasteiger partial charge in [0.1, 0.15) is 0 Å². The van der Waals surface area contributed by atoms with Gasteiger partial charge < -0.3 is 4.74 Å². The topological polar surface area (TPSA) is 59.0 Å². The van der Waals surface area contributed by atoms with E-state index >= 15 is 0 Å². The predicted octanol–water partition coefficient (Wildman–Crippen LogP) is 0.111. The average Bonchev–Trinajstić information content (AvgIpc) is 2.84. The summed E-state index contributed by atoms with van der Waals surface area (Å²) in [5.74, 6) is 0.251. The Morgan fingerprint density at radius 3 is 3.07 bits per heavy atom. The van der Waals surface area contributed by atoms with Crippen LogP contribution in [-0.2, 0) is 14.3 Å². The van der Waals surface area contributed by atoms with Crippen molar-refractivity contribution in [3.8, 4) is 0 Å². The zero-order valence-corrected chi connectivity index (χ0v) is 9.25. The second kappa shape index (κ2) is 4.22. The Morgan fingerprint density at radius 1 is 1.67 bits per heavy atom. The van der Waals surface area contributed by atoms with E-state index in [0.29, 0.717) is 6.54 Å². The van der Waals surface area contributed by atoms with Crippen molar-refractivity contribution in [2.24, 2.45) is 10.9 Å². The molecular formula is C9H12N2O3S. The summed E-state index contributed by atoms with van der Waals surface area (Å²) < 4.78 is 4.63. The van der Waals surface area contributed by atoms with Crippen LogP contribution in [0.15, 0.2) is 4.99 Å². The van der Waals surface area contributed by atoms with Crippen LogP contribution in [0, 0.1) is 5.92 Å². The molecule has 0 saturated carbocycles. The number of carbonyl (C=O) groups excluding carboxylic acids is 2. The molecule has 0 aromatic rings. The van der Waals surface area contributed by atoms with Crippen molar-refractivity contribution >= 4 is 28.8 Å². The minimum Gasteiger partial charge on any atom is -0.469 e. The summed E-state index contributed by atoms with van der Waals surface area (Å²) in [6.07, 6.45) is 0.242. The Labute approximate surface area is 91.9 Å². The van der Waals surface area contributed by atoms with Crippen LogP contribution in [0.4, 0.5) is 0 Å². The van der Waals surface area contributed by atoms with Gasteiger partial charge in [-0.2, -0.15) is 0 Å². The molecule has 1 amide bonds. The molecule has 0 aromatic heterocycles. The van der Waals surface area contributed by atoms with Gasteiger partial charge in [-0.05, 0) is 0 Å². The van der Waals surface area contributed by atoms with E-state index in [4.69, 9.17) is 0 Å². The number of likely N-dealkylation sites (tertiary alicyclic amines) is 1. The Bertz CT molecular complexity index is 329. The number of hydrogen-bond acceptors (Lipinski definition) is 5. The third-order valence-electron chi connectivity index (χ3n) is 2.46. The smallest absolute Gasteiger partial charge is 0.311 e. The molecule has 0 spiro atoms. The number of hydrogen-bond donors (Lipinski definition) is 0. The first-order valence-electron chi connectivity index (χ1n) is 4.78. The van der Waals surface area contributed by atoms with Crippen molar-refractivity contribution in [2.75, 3.05) is 26.0 Å². The molecule has 15 heavy (non-hydrogen) atoms. The first kappa shape index (κ1) is 10.5. The first-order valence-corrected chi connectivity index (χ1v) is 5.76. The van der Waals surface area contributed by atoms with Crippen LogP contribution in [0.25, 0.3) is 0 Å². The highest BCUT2D eigenvalue weighted by atomic mass is 32.2. The number of carbonyl (C=O) groups is 2. The fourth-order valence-corrected chi connectivity index (χ4v) is 2.58. The lowest BCUT2D eigenvalue weighted by molar-refractivity contribution is -0.145. The van der Waals surface area contributed by atoms with Crippen LogP contribution >= 0.6 is 11.8 Å². The molecule has 82 valence electrons. The molecule has 0 unspecified atom stereocenters. The highest BCUT2D eigenvalue weighted by Crippen LogP contribution is 2.25. The maximum atomic E-state index is 11.6. The molecule has 2 aliphatic rings. The summed E-state index contributed by atoms with van der Waals surface area (Å²) in [7, 11) is 1.34. The first-order chi connectivity index (χ1) is 7.22. The quantitative estimate of drug-likeness (QED) is 0.598. The van der Waals surface area contributed by atoms with E-state index in [9.17, 15) is 9.59 Å². The largest absolute Gasteiger partial charge is 0.469 e. The van der Waals surface area contributed by atoms with E-state index in [2.05, 4.69) is 9.73 Å². The minimum atomic E-state index is -0.327. The number of nitrogens with zero attached hydrogens (tertiary/aromatic N) is 2. The van der Waals surface area contributed by atoms with E-state index in [1.807, 2.05) is 0 Å². The molecule has 0 bridgehead atoms. The van der Waals surface area contributed by atoms with E-state index in [0.717, 1.165) is 17.5 Å². The predicted molar refractivity (Wildman–Crippen MR) is 56.6 cm³/mol. The van der Waals surface area contributed by atoms with Gasteiger partial charge in [0, 0.05) is 18.7 Å². The lowest BCUT2D eigenvalue weighted by Gasteiger charge is -2.14. The number of esters is 1. The fourth-order valence-electron chi connectivity index (χ4n) is 1.70. The number of aliphatic imine (C=N–C) groups is 1. The number of amidine groups is 1. The lowest BCUT2D eigenvalue weighted by Crippen LogP contribution is -2.30. The molecule has 6 heteroatoms. The number of methoxy groups -OCH3 is 1. The van der Waals surface area contributed by atoms with E-state index < -0.39 is 0 Å². The van der Waals surface area contributed by atoms with Gasteiger partial charge in [0.25, 0.3) is 0 Å². The molecule has 0 radical (unpaired) electrons. The fraction of sp³-hybridized carbons (Fsp3) is 0.667. The summed E-state index contributed by atoms with van der Waals surface area (Å²) in [6.45, 7) is 1.17. The molecule has 2 aliphatic heterocycles. The summed E-state index contributed by atoms with van der Waals surface area (Å²) in [5.41, 5.74) is 0. The van der Waals surface area contributed by atoms with Crippen LogP contribution in [0.2, 0.25) is 0 Å². The molecule has 0 aliphatic carbocycles. The van der Waals surface area contributed by atoms with Gasteiger partial charge in [0.2, 0.25) is 5.91 Å². The van der Waals surface area contributed by atoms with Crippen LogP contribution in [0.3, 0.4) is 0 Å². The van der Waals surface area contributed by atoms with Crippen molar-refractivity contribution in [1.29, 1.82) is 0 Å². The highest BCUT2D eigenvalue weighted by Gasteiger charge is 2.37. The highest BCUT2D eigenvalue weighted by molar-refractivity contribution is 8.14. The number of rotatable bonds is 1. The number of amides is 1. The van der Waals surface area contributed by atoms with Crippen molar-refractivity contribution in [1.82, 2.24) is 4.90 Å². The maximum Gasteiger partial charge on any atom is 0.311 e. The van der Waals surface area contributed by atoms with Gasteiger partial charge in [0.05, 0.1) is 19.6 Å². The molecule has 5 nitrogen and oxygen atoms in total. The second-order valence-electron chi connectivity index (χ2n) is 3.44. The van der Waals surface area contributed by atoms with Crippen molar-refractivity contribution in [2.45, 2.75) is 6.42 Å². The molecule has 0 N–H and O–H groups in total. The van der Waals surface area contributed by atoms with Gasteiger partial charge in [-0.1, -0.05) is 11.8 Å². The molecule has 2 heterocycles. The number of ether oxygens (including phenoxy) is 1. The summed E-state index contributed by atoms with van der Waals surface area (Å²) in [6, 6.07) is 0. The summed E-state index contributed by atoms with van der Waals surface area (Å²) >= 11 is 1.57. The normalized spacial score (nSPS) is 25.7. The molecule has 0 aromatic carbocycles. The van der Waals surface area contributed by atoms with Gasteiger partial charge in [-0.25, -0.2) is 0 Å². The van der Waals surface area contributed by atoms with Crippen LogP contribution < -0.4 is 0 Å². The van der Waals surface area contributed by atoms with Crippen LogP contribution in [0.5, 0.6) is 0 Å². The van der Waals surface area contributed by atoms with Gasteiger partial charge in [0.15, 0.2) is 5.17 Å². The average molecular weight is 228 g/mol. The summed E-state index contributed by atoms with van der Waals surface area (Å²) in [5, 5.41) is 0.756. The van der Waals surface area contributed by atoms with Gasteiger partial charge >= 0.3 is 5.97 Å². The molecular weight excluding hydrogens is 216 g/mol. The molecule has 1 saturated heterocycles.